The first kappa shape index (κ1) is 16.0. The first-order valence-electron chi connectivity index (χ1n) is 6.67. The minimum absolute atomic E-state index is 0.139. The van der Waals surface area contributed by atoms with E-state index in [4.69, 9.17) is 5.11 Å². The lowest BCUT2D eigenvalue weighted by Crippen LogP contribution is -2.41. The van der Waals surface area contributed by atoms with Crippen molar-refractivity contribution in [1.29, 1.82) is 0 Å². The fraction of sp³-hybridized carbons (Fsp3) is 0.467. The topological polar surface area (TPSA) is 69.6 Å². The van der Waals surface area contributed by atoms with Crippen molar-refractivity contribution in [2.45, 2.75) is 27.2 Å². The Morgan fingerprint density at radius 2 is 1.80 bits per heavy atom. The van der Waals surface area contributed by atoms with E-state index in [1.54, 1.807) is 14.0 Å². The van der Waals surface area contributed by atoms with E-state index in [1.165, 1.54) is 4.90 Å². The Kier molecular flexibility index (Phi) is 5.55. The van der Waals surface area contributed by atoms with E-state index >= 15 is 0 Å². The number of aryl methyl sites for hydroxylation is 2. The van der Waals surface area contributed by atoms with E-state index in [9.17, 15) is 9.59 Å². The van der Waals surface area contributed by atoms with E-state index in [0.717, 1.165) is 16.8 Å². The first-order chi connectivity index (χ1) is 9.35. The van der Waals surface area contributed by atoms with E-state index in [-0.39, 0.29) is 12.6 Å². The summed E-state index contributed by atoms with van der Waals surface area (Å²) in [5, 5.41) is 11.6. The number of rotatable bonds is 5. The molecular weight excluding hydrogens is 256 g/mol. The molecule has 1 atom stereocenters. The summed E-state index contributed by atoms with van der Waals surface area (Å²) in [7, 11) is 1.67. The van der Waals surface area contributed by atoms with E-state index in [1.807, 2.05) is 32.0 Å². The summed E-state index contributed by atoms with van der Waals surface area (Å²) < 4.78 is 0. The molecular formula is C15H22N2O3. The molecule has 1 unspecified atom stereocenters. The van der Waals surface area contributed by atoms with Crippen LogP contribution in [0, 0.1) is 19.8 Å². The molecule has 0 radical (unpaired) electrons. The summed E-state index contributed by atoms with van der Waals surface area (Å²) in [4.78, 5) is 24.4. The number of carbonyl (C=O) groups is 2. The molecule has 0 fully saturated rings. The predicted molar refractivity (Wildman–Crippen MR) is 79.1 cm³/mol. The van der Waals surface area contributed by atoms with E-state index in [2.05, 4.69) is 5.32 Å². The fourth-order valence-corrected chi connectivity index (χ4v) is 2.00. The molecule has 0 spiro atoms. The highest BCUT2D eigenvalue weighted by atomic mass is 16.4. The smallest absolute Gasteiger partial charge is 0.321 e. The average Bonchev–Trinajstić information content (AvgIpc) is 2.36. The number of carboxylic acids is 1. The van der Waals surface area contributed by atoms with Crippen LogP contribution in [0.3, 0.4) is 0 Å². The summed E-state index contributed by atoms with van der Waals surface area (Å²) in [6.07, 6.45) is 0.489. The van der Waals surface area contributed by atoms with E-state index in [0.29, 0.717) is 6.42 Å². The summed E-state index contributed by atoms with van der Waals surface area (Å²) in [6.45, 7) is 5.87. The molecule has 0 saturated carbocycles. The van der Waals surface area contributed by atoms with Crippen molar-refractivity contribution in [3.63, 3.8) is 0 Å². The zero-order valence-corrected chi connectivity index (χ0v) is 12.4. The van der Waals surface area contributed by atoms with Gasteiger partial charge in [0.2, 0.25) is 0 Å². The van der Waals surface area contributed by atoms with Crippen molar-refractivity contribution < 1.29 is 14.7 Å². The third kappa shape index (κ3) is 4.26. The Morgan fingerprint density at radius 3 is 2.25 bits per heavy atom. The predicted octanol–water partition coefficient (Wildman–Crippen LogP) is 2.56. The highest BCUT2D eigenvalue weighted by molar-refractivity contribution is 5.91. The van der Waals surface area contributed by atoms with Gasteiger partial charge in [0.15, 0.2) is 0 Å². The molecule has 0 aromatic heterocycles. The standard InChI is InChI=1S/C15H22N2O3/c1-5-12(14(18)19)9-16-15(20)17(4)13-7-10(2)6-11(3)8-13/h6-8,12H,5,9H2,1-4H3,(H,16,20)(H,18,19). The van der Waals surface area contributed by atoms with Crippen molar-refractivity contribution in [3.8, 4) is 0 Å². The third-order valence-corrected chi connectivity index (χ3v) is 3.24. The number of hydrogen-bond acceptors (Lipinski definition) is 2. The van der Waals surface area contributed by atoms with Crippen LogP contribution in [-0.2, 0) is 4.79 Å². The Balaban J connectivity index is 2.69. The number of anilines is 1. The molecule has 0 heterocycles. The van der Waals surface area contributed by atoms with Gasteiger partial charge in [-0.2, -0.15) is 0 Å². The summed E-state index contributed by atoms with van der Waals surface area (Å²) in [5.74, 6) is -1.44. The molecule has 1 rings (SSSR count). The van der Waals surface area contributed by atoms with Gasteiger partial charge in [-0.05, 0) is 43.5 Å². The molecule has 5 heteroatoms. The SMILES string of the molecule is CCC(CNC(=O)N(C)c1cc(C)cc(C)c1)C(=O)O. The number of urea groups is 1. The second-order valence-corrected chi connectivity index (χ2v) is 5.03. The van der Waals surface area contributed by atoms with Gasteiger partial charge < -0.3 is 10.4 Å². The zero-order valence-electron chi connectivity index (χ0n) is 12.4. The highest BCUT2D eigenvalue weighted by Gasteiger charge is 2.18. The molecule has 1 aromatic carbocycles. The van der Waals surface area contributed by atoms with E-state index < -0.39 is 11.9 Å². The lowest BCUT2D eigenvalue weighted by molar-refractivity contribution is -0.141. The number of nitrogens with zero attached hydrogens (tertiary/aromatic N) is 1. The van der Waals surface area contributed by atoms with Crippen LogP contribution in [0.5, 0.6) is 0 Å². The van der Waals surface area contributed by atoms with Crippen LogP contribution in [0.2, 0.25) is 0 Å². The number of benzene rings is 1. The molecule has 0 bridgehead atoms. The number of aliphatic carboxylic acids is 1. The third-order valence-electron chi connectivity index (χ3n) is 3.24. The molecule has 5 nitrogen and oxygen atoms in total. The number of carbonyl (C=O) groups excluding carboxylic acids is 1. The lowest BCUT2D eigenvalue weighted by Gasteiger charge is -2.20. The van der Waals surface area contributed by atoms with Crippen molar-refractivity contribution >= 4 is 17.7 Å². The number of hydrogen-bond donors (Lipinski definition) is 2. The summed E-state index contributed by atoms with van der Waals surface area (Å²) in [6, 6.07) is 5.57. The number of amides is 2. The Bertz CT molecular complexity index is 480. The van der Waals surface area contributed by atoms with Gasteiger partial charge in [-0.25, -0.2) is 4.79 Å². The van der Waals surface area contributed by atoms with Gasteiger partial charge in [-0.3, -0.25) is 9.69 Å². The molecule has 1 aromatic rings. The molecule has 2 amide bonds. The van der Waals surface area contributed by atoms with Crippen molar-refractivity contribution in [1.82, 2.24) is 5.32 Å². The summed E-state index contributed by atoms with van der Waals surface area (Å²) in [5.41, 5.74) is 2.96. The van der Waals surface area contributed by atoms with Crippen LogP contribution < -0.4 is 10.2 Å². The van der Waals surface area contributed by atoms with Crippen LogP contribution in [0.1, 0.15) is 24.5 Å². The molecule has 0 saturated heterocycles. The molecule has 110 valence electrons. The van der Waals surface area contributed by atoms with Gasteiger partial charge in [-0.15, -0.1) is 0 Å². The maximum atomic E-state index is 12.0. The second kappa shape index (κ2) is 6.93. The molecule has 0 aliphatic carbocycles. The lowest BCUT2D eigenvalue weighted by atomic mass is 10.1. The van der Waals surface area contributed by atoms with Crippen LogP contribution in [0.25, 0.3) is 0 Å². The van der Waals surface area contributed by atoms with Gasteiger partial charge in [-0.1, -0.05) is 13.0 Å². The second-order valence-electron chi connectivity index (χ2n) is 5.03. The van der Waals surface area contributed by atoms with Gasteiger partial charge in [0.1, 0.15) is 0 Å². The monoisotopic (exact) mass is 278 g/mol. The normalized spacial score (nSPS) is 11.8. The first-order valence-corrected chi connectivity index (χ1v) is 6.67. The van der Waals surface area contributed by atoms with Crippen LogP contribution in [0.4, 0.5) is 10.5 Å². The maximum Gasteiger partial charge on any atom is 0.321 e. The number of nitrogens with one attached hydrogen (secondary N) is 1. The molecule has 0 aliphatic heterocycles. The van der Waals surface area contributed by atoms with Crippen LogP contribution in [0.15, 0.2) is 18.2 Å². The van der Waals surface area contributed by atoms with Gasteiger partial charge in [0.25, 0.3) is 0 Å². The van der Waals surface area contributed by atoms with Crippen molar-refractivity contribution in [3.05, 3.63) is 29.3 Å². The largest absolute Gasteiger partial charge is 0.481 e. The molecule has 2 N–H and O–H groups in total. The maximum absolute atomic E-state index is 12.0. The Labute approximate surface area is 119 Å². The number of carboxylic acid groups (broad SMARTS) is 1. The van der Waals surface area contributed by atoms with Crippen molar-refractivity contribution in [2.75, 3.05) is 18.5 Å². The summed E-state index contributed by atoms with van der Waals surface area (Å²) >= 11 is 0. The average molecular weight is 278 g/mol. The van der Waals surface area contributed by atoms with Crippen molar-refractivity contribution in [2.24, 2.45) is 5.92 Å². The quantitative estimate of drug-likeness (QED) is 0.869. The van der Waals surface area contributed by atoms with Crippen LogP contribution >= 0.6 is 0 Å². The molecule has 0 aliphatic rings. The Morgan fingerprint density at radius 1 is 1.25 bits per heavy atom. The fourth-order valence-electron chi connectivity index (χ4n) is 2.00. The Hall–Kier alpha value is -2.04. The van der Waals surface area contributed by atoms with Gasteiger partial charge in [0.05, 0.1) is 5.92 Å². The van der Waals surface area contributed by atoms with Crippen LogP contribution in [-0.4, -0.2) is 30.7 Å². The van der Waals surface area contributed by atoms with Gasteiger partial charge >= 0.3 is 12.0 Å². The zero-order chi connectivity index (χ0) is 15.3. The minimum Gasteiger partial charge on any atom is -0.481 e. The minimum atomic E-state index is -0.887. The highest BCUT2D eigenvalue weighted by Crippen LogP contribution is 2.17. The van der Waals surface area contributed by atoms with Gasteiger partial charge in [0, 0.05) is 19.3 Å². The molecule has 20 heavy (non-hydrogen) atoms.